The Bertz CT molecular complexity index is 317. The van der Waals surface area contributed by atoms with Crippen LogP contribution in [0, 0.1) is 0 Å². The maximum absolute atomic E-state index is 6.55. The van der Waals surface area contributed by atoms with Gasteiger partial charge in [0.2, 0.25) is 0 Å². The van der Waals surface area contributed by atoms with Gasteiger partial charge in [-0.1, -0.05) is 0 Å². The van der Waals surface area contributed by atoms with Crippen LogP contribution in [0.15, 0.2) is 0 Å². The Labute approximate surface area is 200 Å². The Morgan fingerprint density at radius 2 is 0.560 bits per heavy atom. The van der Waals surface area contributed by atoms with Crippen molar-refractivity contribution in [2.75, 3.05) is 0 Å². The summed E-state index contributed by atoms with van der Waals surface area (Å²) in [6.45, 7) is 27.1. The number of rotatable bonds is 8. The third kappa shape index (κ3) is 17.8. The minimum atomic E-state index is -2.93. The van der Waals surface area contributed by atoms with Gasteiger partial charge in [-0.05, 0) is 0 Å². The zero-order valence-corrected chi connectivity index (χ0v) is 30.5. The molecule has 144 valence electrons. The van der Waals surface area contributed by atoms with E-state index in [1.54, 1.807) is 0 Å². The first-order chi connectivity index (χ1) is 10.8. The first-order valence-electron chi connectivity index (χ1n) is 8.63. The summed E-state index contributed by atoms with van der Waals surface area (Å²) < 4.78 is 27.2. The Morgan fingerprint density at radius 3 is 0.680 bits per heavy atom. The topological polar surface area (TPSA) is 36.9 Å². The predicted octanol–water partition coefficient (Wildman–Crippen LogP) is 4.84. The van der Waals surface area contributed by atoms with Crippen LogP contribution in [-0.4, -0.2) is 95.3 Å². The third-order valence-electron chi connectivity index (χ3n) is 1.93. The van der Waals surface area contributed by atoms with Crippen molar-refractivity contribution in [2.45, 2.75) is 96.8 Å². The Kier molecular flexibility index (Phi) is 12.5. The molecule has 0 unspecified atom stereocenters. The molecule has 0 fully saturated rings. The van der Waals surface area contributed by atoms with E-state index in [-0.39, 0.29) is 13.7 Å². The van der Waals surface area contributed by atoms with Crippen LogP contribution in [0.4, 0.5) is 0 Å². The van der Waals surface area contributed by atoms with Crippen molar-refractivity contribution in [3.05, 3.63) is 0 Å². The molecule has 0 aromatic carbocycles. The normalized spacial score (nSPS) is 14.9. The van der Waals surface area contributed by atoms with Gasteiger partial charge < -0.3 is 0 Å². The Hall–Kier alpha value is 3.25. The van der Waals surface area contributed by atoms with Crippen LogP contribution in [0.2, 0.25) is 13.7 Å². The van der Waals surface area contributed by atoms with Gasteiger partial charge in [0.1, 0.15) is 0 Å². The molecule has 0 bridgehead atoms. The monoisotopic (exact) mass is 800 g/mol. The van der Waals surface area contributed by atoms with Gasteiger partial charge in [0.05, 0.1) is 0 Å². The molecule has 0 saturated heterocycles. The molecule has 9 heteroatoms. The molecule has 0 aromatic rings. The fourth-order valence-corrected chi connectivity index (χ4v) is 34.2. The van der Waals surface area contributed by atoms with Crippen LogP contribution >= 0.6 is 0 Å². The van der Waals surface area contributed by atoms with Crippen molar-refractivity contribution in [3.8, 4) is 0 Å². The molecule has 25 heavy (non-hydrogen) atoms. The minimum absolute atomic E-state index is 0.240. The Morgan fingerprint density at radius 1 is 0.400 bits per heavy atom. The van der Waals surface area contributed by atoms with Gasteiger partial charge in [-0.3, -0.25) is 0 Å². The predicted molar refractivity (Wildman–Crippen MR) is 112 cm³/mol. The molecular formula is C16H36O4SiSn4. The molecule has 0 aliphatic heterocycles. The molecule has 0 aromatic heterocycles. The van der Waals surface area contributed by atoms with Gasteiger partial charge in [0.15, 0.2) is 0 Å². The quantitative estimate of drug-likeness (QED) is 0.330. The van der Waals surface area contributed by atoms with Crippen LogP contribution in [-0.2, 0) is 11.1 Å². The summed E-state index contributed by atoms with van der Waals surface area (Å²) in [5.41, 5.74) is 0. The van der Waals surface area contributed by atoms with Crippen molar-refractivity contribution in [3.63, 3.8) is 0 Å². The van der Waals surface area contributed by atoms with Gasteiger partial charge in [0.25, 0.3) is 0 Å². The Balaban J connectivity index is 5.41. The van der Waals surface area contributed by atoms with E-state index < -0.39 is 95.3 Å². The van der Waals surface area contributed by atoms with Crippen molar-refractivity contribution < 1.29 is 11.1 Å². The van der Waals surface area contributed by atoms with E-state index in [9.17, 15) is 0 Å². The molecule has 0 amide bonds. The van der Waals surface area contributed by atoms with E-state index in [1.165, 1.54) is 0 Å². The van der Waals surface area contributed by atoms with E-state index in [0.29, 0.717) is 0 Å². The van der Waals surface area contributed by atoms with Gasteiger partial charge in [0, 0.05) is 0 Å². The number of hydrogen-bond donors (Lipinski definition) is 0. The average molecular weight is 795 g/mol. The van der Waals surface area contributed by atoms with Gasteiger partial charge in [-0.15, -0.1) is 0 Å². The second-order valence-electron chi connectivity index (χ2n) is 10.3. The second kappa shape index (κ2) is 11.0. The molecule has 0 rings (SSSR count). The van der Waals surface area contributed by atoms with E-state index >= 15 is 0 Å². The summed E-state index contributed by atoms with van der Waals surface area (Å²) in [4.78, 5) is 0. The third-order valence-corrected chi connectivity index (χ3v) is 22.4. The standard InChI is InChI=1S/4C4H9.O4Si.4Sn/c4*1-4(2)3;1-5(2,3)4;;;;/h4*1-3H3;;;;;/q;;;;-4;4*+1. The molecule has 0 saturated carbocycles. The van der Waals surface area contributed by atoms with Gasteiger partial charge in [-0.2, -0.15) is 0 Å². The van der Waals surface area contributed by atoms with Crippen molar-refractivity contribution in [1.82, 2.24) is 0 Å². The second-order valence-corrected chi connectivity index (χ2v) is 38.6. The van der Waals surface area contributed by atoms with Gasteiger partial charge in [-0.25, -0.2) is 0 Å². The molecule has 0 spiro atoms. The zero-order chi connectivity index (χ0) is 20.2. The SMILES string of the molecule is C[C](C)(C)[Sn][O][Si]([O][Sn][C](C)(C)C)([O][Sn][C](C)(C)C)[O][Sn][C](C)(C)C. The summed E-state index contributed by atoms with van der Waals surface area (Å²) in [5, 5.41) is 0. The van der Waals surface area contributed by atoms with E-state index in [1.807, 2.05) is 0 Å². The van der Waals surface area contributed by atoms with Crippen molar-refractivity contribution in [2.24, 2.45) is 0 Å². The molecule has 4 nitrogen and oxygen atoms in total. The van der Waals surface area contributed by atoms with Crippen LogP contribution < -0.4 is 0 Å². The zero-order valence-electron chi connectivity index (χ0n) is 18.1. The first-order valence-corrected chi connectivity index (χ1v) is 20.6. The molecule has 0 aliphatic carbocycles. The van der Waals surface area contributed by atoms with E-state index in [4.69, 9.17) is 11.1 Å². The van der Waals surface area contributed by atoms with Crippen molar-refractivity contribution >= 4 is 95.3 Å². The van der Waals surface area contributed by atoms with E-state index in [0.717, 1.165) is 0 Å². The van der Waals surface area contributed by atoms with Crippen LogP contribution in [0.25, 0.3) is 0 Å². The summed E-state index contributed by atoms with van der Waals surface area (Å²) in [6.07, 6.45) is 0. The van der Waals surface area contributed by atoms with E-state index in [2.05, 4.69) is 83.1 Å². The molecule has 0 atom stereocenters. The van der Waals surface area contributed by atoms with Gasteiger partial charge >= 0.3 is 203 Å². The fourth-order valence-electron chi connectivity index (χ4n) is 0.987. The molecule has 0 heterocycles. The molecular weight excluding hydrogens is 759 g/mol. The summed E-state index contributed by atoms with van der Waals surface area (Å²) in [5.74, 6) is 0. The first kappa shape index (κ1) is 28.3. The molecule has 0 aliphatic rings. The van der Waals surface area contributed by atoms with Crippen molar-refractivity contribution in [1.29, 1.82) is 0 Å². The fraction of sp³-hybridized carbons (Fsp3) is 1.00. The van der Waals surface area contributed by atoms with Crippen LogP contribution in [0.3, 0.4) is 0 Å². The summed E-state index contributed by atoms with van der Waals surface area (Å²) >= 11 is -4.37. The van der Waals surface area contributed by atoms with Crippen LogP contribution in [0.1, 0.15) is 83.1 Å². The molecule has 8 radical (unpaired) electrons. The summed E-state index contributed by atoms with van der Waals surface area (Å²) in [7, 11) is -2.93. The molecule has 0 N–H and O–H groups in total. The average Bonchev–Trinajstić information content (AvgIpc) is 2.33. The summed E-state index contributed by atoms with van der Waals surface area (Å²) in [6, 6.07) is 0. The number of hydrogen-bond acceptors (Lipinski definition) is 4. The maximum atomic E-state index is 6.55. The van der Waals surface area contributed by atoms with Crippen LogP contribution in [0.5, 0.6) is 0 Å².